The van der Waals surface area contributed by atoms with Crippen molar-refractivity contribution in [3.05, 3.63) is 48.5 Å². The molecule has 2 nitrogen and oxygen atoms in total. The summed E-state index contributed by atoms with van der Waals surface area (Å²) >= 11 is 0. The van der Waals surface area contributed by atoms with Crippen LogP contribution >= 0.6 is 0 Å². The number of para-hydroxylation sites is 2. The van der Waals surface area contributed by atoms with Crippen LogP contribution in [0.3, 0.4) is 0 Å². The van der Waals surface area contributed by atoms with Gasteiger partial charge in [0.25, 0.3) is 0 Å². The van der Waals surface area contributed by atoms with Gasteiger partial charge in [-0.2, -0.15) is 0 Å². The molecule has 1 aliphatic rings. The van der Waals surface area contributed by atoms with Crippen molar-refractivity contribution in [2.24, 2.45) is 0 Å². The third-order valence-electron chi connectivity index (χ3n) is 2.08. The summed E-state index contributed by atoms with van der Waals surface area (Å²) in [6.07, 6.45) is 0. The van der Waals surface area contributed by atoms with E-state index in [1.165, 1.54) is 0 Å². The van der Waals surface area contributed by atoms with E-state index in [4.69, 9.17) is 4.74 Å². The average molecular weight is 180 g/mol. The first-order chi connectivity index (χ1) is 6.93. The number of fused-ring (bicyclic) bond motifs is 2. The van der Waals surface area contributed by atoms with E-state index in [2.05, 4.69) is 23.5 Å². The van der Waals surface area contributed by atoms with Crippen LogP contribution in [-0.2, 0) is 0 Å². The fourth-order valence-corrected chi connectivity index (χ4v) is 1.42. The van der Waals surface area contributed by atoms with Gasteiger partial charge in [0.1, 0.15) is 0 Å². The molecule has 3 radical (unpaired) electrons. The lowest BCUT2D eigenvalue weighted by atomic mass is 10.2. The number of hydrogen-bond acceptors (Lipinski definition) is 2. The van der Waals surface area contributed by atoms with Gasteiger partial charge in [-0.25, -0.2) is 0 Å². The fraction of sp³-hybridized carbons (Fsp3) is 0. The van der Waals surface area contributed by atoms with Gasteiger partial charge in [0, 0.05) is 12.1 Å². The van der Waals surface area contributed by atoms with Crippen LogP contribution in [0, 0.1) is 18.2 Å². The van der Waals surface area contributed by atoms with Crippen LogP contribution in [0.5, 0.6) is 11.5 Å². The van der Waals surface area contributed by atoms with E-state index < -0.39 is 0 Å². The molecule has 0 saturated heterocycles. The molecule has 0 bridgehead atoms. The minimum Gasteiger partial charge on any atom is -0.453 e. The van der Waals surface area contributed by atoms with Crippen molar-refractivity contribution >= 4 is 11.4 Å². The molecular weight excluding hydrogens is 174 g/mol. The summed E-state index contributed by atoms with van der Waals surface area (Å²) in [6, 6.07) is 18.0. The van der Waals surface area contributed by atoms with E-state index in [9.17, 15) is 0 Å². The number of anilines is 2. The van der Waals surface area contributed by atoms with Gasteiger partial charge >= 0.3 is 0 Å². The van der Waals surface area contributed by atoms with E-state index in [1.807, 2.05) is 24.3 Å². The van der Waals surface area contributed by atoms with Gasteiger partial charge in [0.05, 0.1) is 11.4 Å². The van der Waals surface area contributed by atoms with Gasteiger partial charge in [0.15, 0.2) is 11.5 Å². The highest BCUT2D eigenvalue weighted by Gasteiger charge is 2.14. The molecule has 2 aromatic rings. The Hall–Kier alpha value is -1.96. The average Bonchev–Trinajstić information content (AvgIpc) is 2.26. The molecule has 3 rings (SSSR count). The molecule has 0 amide bonds. The maximum Gasteiger partial charge on any atom is 0.152 e. The van der Waals surface area contributed by atoms with E-state index in [0.717, 1.165) is 22.9 Å². The number of hydrogen-bond donors (Lipinski definition) is 1. The lowest BCUT2D eigenvalue weighted by molar-refractivity contribution is 0.481. The van der Waals surface area contributed by atoms with Gasteiger partial charge in [0.2, 0.25) is 0 Å². The Morgan fingerprint density at radius 1 is 1.14 bits per heavy atom. The summed E-state index contributed by atoms with van der Waals surface area (Å²) in [5.41, 5.74) is 1.76. The predicted molar refractivity (Wildman–Crippen MR) is 52.7 cm³/mol. The number of ether oxygens (including phenoxy) is 1. The SMILES string of the molecule is [c]1[c]cc2c([c]1)Nc1ccccc1O2. The first-order valence-electron chi connectivity index (χ1n) is 4.31. The van der Waals surface area contributed by atoms with Gasteiger partial charge < -0.3 is 10.1 Å². The molecule has 1 heterocycles. The molecule has 0 spiro atoms. The quantitative estimate of drug-likeness (QED) is 0.574. The van der Waals surface area contributed by atoms with Crippen molar-refractivity contribution in [1.29, 1.82) is 0 Å². The third-order valence-corrected chi connectivity index (χ3v) is 2.08. The summed E-state index contributed by atoms with van der Waals surface area (Å²) < 4.78 is 5.63. The second-order valence-corrected chi connectivity index (χ2v) is 3.00. The van der Waals surface area contributed by atoms with Crippen molar-refractivity contribution in [3.8, 4) is 11.5 Å². The Morgan fingerprint density at radius 3 is 3.07 bits per heavy atom. The Balaban J connectivity index is 2.12. The summed E-state index contributed by atoms with van der Waals surface area (Å²) in [5, 5.41) is 3.21. The molecule has 0 saturated carbocycles. The number of nitrogens with one attached hydrogen (secondary N) is 1. The monoisotopic (exact) mass is 180 g/mol. The van der Waals surface area contributed by atoms with Crippen molar-refractivity contribution in [3.63, 3.8) is 0 Å². The smallest absolute Gasteiger partial charge is 0.152 e. The molecule has 2 aromatic carbocycles. The molecule has 1 N–H and O–H groups in total. The Labute approximate surface area is 82.1 Å². The number of benzene rings is 2. The first kappa shape index (κ1) is 7.44. The van der Waals surface area contributed by atoms with E-state index >= 15 is 0 Å². The second kappa shape index (κ2) is 2.77. The van der Waals surface area contributed by atoms with Gasteiger partial charge in [-0.3, -0.25) is 0 Å². The lowest BCUT2D eigenvalue weighted by Gasteiger charge is -2.20. The van der Waals surface area contributed by atoms with Crippen LogP contribution in [0.25, 0.3) is 0 Å². The zero-order valence-corrected chi connectivity index (χ0v) is 7.29. The van der Waals surface area contributed by atoms with Gasteiger partial charge in [-0.15, -0.1) is 0 Å². The van der Waals surface area contributed by atoms with Crippen LogP contribution in [0.4, 0.5) is 11.4 Å². The molecule has 14 heavy (non-hydrogen) atoms. The maximum absolute atomic E-state index is 5.63. The highest BCUT2D eigenvalue weighted by Crippen LogP contribution is 2.40. The largest absolute Gasteiger partial charge is 0.453 e. The topological polar surface area (TPSA) is 21.3 Å². The third kappa shape index (κ3) is 1.04. The Morgan fingerprint density at radius 2 is 2.07 bits per heavy atom. The van der Waals surface area contributed by atoms with Crippen LogP contribution in [0.2, 0.25) is 0 Å². The first-order valence-corrected chi connectivity index (χ1v) is 4.31. The summed E-state index contributed by atoms with van der Waals surface area (Å²) in [7, 11) is 0. The normalized spacial score (nSPS) is 12.0. The predicted octanol–water partition coefficient (Wildman–Crippen LogP) is 2.94. The van der Waals surface area contributed by atoms with Crippen molar-refractivity contribution in [2.75, 3.05) is 5.32 Å². The summed E-state index contributed by atoms with van der Waals surface area (Å²) in [6.45, 7) is 0. The molecule has 0 aliphatic carbocycles. The Kier molecular flexibility index (Phi) is 1.47. The number of rotatable bonds is 0. The van der Waals surface area contributed by atoms with E-state index in [1.54, 1.807) is 6.07 Å². The Bertz CT molecular complexity index is 392. The standard InChI is InChI=1S/C12H6NO/c1-3-7-11-9(5-1)13-10-6-2-4-8-12(10)14-11/h1,3,5,7-8,13H. The fourth-order valence-electron chi connectivity index (χ4n) is 1.42. The second-order valence-electron chi connectivity index (χ2n) is 3.00. The van der Waals surface area contributed by atoms with Crippen molar-refractivity contribution in [1.82, 2.24) is 0 Å². The molecule has 0 unspecified atom stereocenters. The van der Waals surface area contributed by atoms with Crippen LogP contribution in [-0.4, -0.2) is 0 Å². The van der Waals surface area contributed by atoms with Crippen molar-refractivity contribution in [2.45, 2.75) is 0 Å². The highest BCUT2D eigenvalue weighted by molar-refractivity contribution is 5.74. The lowest BCUT2D eigenvalue weighted by Crippen LogP contribution is -2.02. The zero-order chi connectivity index (χ0) is 9.38. The zero-order valence-electron chi connectivity index (χ0n) is 7.29. The maximum atomic E-state index is 5.63. The summed E-state index contributed by atoms with van der Waals surface area (Å²) in [4.78, 5) is 0. The highest BCUT2D eigenvalue weighted by atomic mass is 16.5. The molecule has 0 atom stereocenters. The molecule has 1 aliphatic heterocycles. The molecule has 0 aromatic heterocycles. The molecule has 2 heteroatoms. The molecular formula is C12H6NO. The van der Waals surface area contributed by atoms with Crippen LogP contribution in [0.1, 0.15) is 0 Å². The van der Waals surface area contributed by atoms with Gasteiger partial charge in [-0.1, -0.05) is 12.1 Å². The minimum absolute atomic E-state index is 0.738. The van der Waals surface area contributed by atoms with Crippen LogP contribution < -0.4 is 10.1 Å². The van der Waals surface area contributed by atoms with E-state index in [-0.39, 0.29) is 0 Å². The van der Waals surface area contributed by atoms with Crippen LogP contribution in [0.15, 0.2) is 30.3 Å². The molecule has 65 valence electrons. The summed E-state index contributed by atoms with van der Waals surface area (Å²) in [5.74, 6) is 1.57. The molecule has 0 fully saturated rings. The van der Waals surface area contributed by atoms with E-state index in [0.29, 0.717) is 0 Å². The van der Waals surface area contributed by atoms with Gasteiger partial charge in [-0.05, 0) is 24.3 Å². The minimum atomic E-state index is 0.738. The van der Waals surface area contributed by atoms with Crippen molar-refractivity contribution < 1.29 is 4.74 Å².